The third kappa shape index (κ3) is 10.5. The van der Waals surface area contributed by atoms with Gasteiger partial charge in [0, 0.05) is 46.1 Å². The monoisotopic (exact) mass is 519 g/mol. The van der Waals surface area contributed by atoms with Crippen LogP contribution in [0.15, 0.2) is 23.2 Å². The summed E-state index contributed by atoms with van der Waals surface area (Å²) in [5, 5.41) is 6.72. The molecule has 1 fully saturated rings. The molecular formula is C22H38IN3O3. The lowest BCUT2D eigenvalue weighted by Crippen LogP contribution is -2.38. The van der Waals surface area contributed by atoms with Crippen molar-refractivity contribution < 1.29 is 14.2 Å². The Bertz CT molecular complexity index is 593. The van der Waals surface area contributed by atoms with E-state index in [-0.39, 0.29) is 24.0 Å². The number of halogens is 1. The molecule has 0 radical (unpaired) electrons. The second-order valence-electron chi connectivity index (χ2n) is 7.24. The molecule has 1 heterocycles. The summed E-state index contributed by atoms with van der Waals surface area (Å²) in [6, 6.07) is 6.29. The Morgan fingerprint density at radius 3 is 2.76 bits per heavy atom. The molecule has 1 saturated heterocycles. The van der Waals surface area contributed by atoms with Gasteiger partial charge < -0.3 is 24.8 Å². The molecule has 0 aliphatic carbocycles. The topological polar surface area (TPSA) is 64.1 Å². The van der Waals surface area contributed by atoms with Crippen LogP contribution in [0.4, 0.5) is 0 Å². The van der Waals surface area contributed by atoms with Crippen molar-refractivity contribution in [1.29, 1.82) is 0 Å². The summed E-state index contributed by atoms with van der Waals surface area (Å²) in [6.45, 7) is 9.98. The number of hydrogen-bond acceptors (Lipinski definition) is 4. The normalized spacial score (nSPS) is 14.9. The minimum absolute atomic E-state index is 0. The van der Waals surface area contributed by atoms with E-state index in [0.717, 1.165) is 83.5 Å². The highest BCUT2D eigenvalue weighted by Crippen LogP contribution is 2.19. The molecule has 0 bridgehead atoms. The van der Waals surface area contributed by atoms with E-state index in [2.05, 4.69) is 41.6 Å². The van der Waals surface area contributed by atoms with Crippen LogP contribution in [0.25, 0.3) is 0 Å². The van der Waals surface area contributed by atoms with Gasteiger partial charge >= 0.3 is 0 Å². The van der Waals surface area contributed by atoms with E-state index in [1.54, 1.807) is 7.11 Å². The molecule has 1 aliphatic rings. The average Bonchev–Trinajstić information content (AvgIpc) is 2.71. The quantitative estimate of drug-likeness (QED) is 0.203. The molecule has 0 amide bonds. The number of nitrogens with one attached hydrogen (secondary N) is 2. The lowest BCUT2D eigenvalue weighted by atomic mass is 10.0. The van der Waals surface area contributed by atoms with Crippen LogP contribution in [-0.4, -0.2) is 59.1 Å². The van der Waals surface area contributed by atoms with Crippen LogP contribution < -0.4 is 15.4 Å². The summed E-state index contributed by atoms with van der Waals surface area (Å²) in [7, 11) is 1.72. The predicted molar refractivity (Wildman–Crippen MR) is 130 cm³/mol. The van der Waals surface area contributed by atoms with Crippen molar-refractivity contribution in [2.24, 2.45) is 10.9 Å². The smallest absolute Gasteiger partial charge is 0.191 e. The van der Waals surface area contributed by atoms with Gasteiger partial charge in [0.05, 0.1) is 7.11 Å². The fourth-order valence-electron chi connectivity index (χ4n) is 3.28. The maximum atomic E-state index is 5.81. The van der Waals surface area contributed by atoms with Gasteiger partial charge in [0.1, 0.15) is 5.75 Å². The number of methoxy groups -OCH3 is 1. The van der Waals surface area contributed by atoms with Gasteiger partial charge in [-0.25, -0.2) is 0 Å². The summed E-state index contributed by atoms with van der Waals surface area (Å²) in [4.78, 5) is 4.65. The first-order valence-corrected chi connectivity index (χ1v) is 10.5. The van der Waals surface area contributed by atoms with Crippen LogP contribution in [0, 0.1) is 12.8 Å². The van der Waals surface area contributed by atoms with Gasteiger partial charge in [-0.1, -0.05) is 17.7 Å². The number of benzene rings is 1. The summed E-state index contributed by atoms with van der Waals surface area (Å²) >= 11 is 0. The van der Waals surface area contributed by atoms with E-state index >= 15 is 0 Å². The molecule has 1 aromatic rings. The molecule has 2 rings (SSSR count). The highest BCUT2D eigenvalue weighted by molar-refractivity contribution is 14.0. The first kappa shape index (κ1) is 26.0. The van der Waals surface area contributed by atoms with E-state index in [1.807, 2.05) is 6.07 Å². The Balaban J connectivity index is 0.00000420. The zero-order chi connectivity index (χ0) is 20.0. The fourth-order valence-corrected chi connectivity index (χ4v) is 3.28. The number of aliphatic imine (C=N–C) groups is 1. The highest BCUT2D eigenvalue weighted by atomic mass is 127. The van der Waals surface area contributed by atoms with Crippen molar-refractivity contribution in [3.05, 3.63) is 29.3 Å². The minimum atomic E-state index is 0. The molecule has 6 nitrogen and oxygen atoms in total. The molecule has 0 spiro atoms. The molecule has 7 heteroatoms. The molecule has 0 saturated carbocycles. The standard InChI is InChI=1S/C22H37N3O3.HI/c1-4-23-22(24-11-5-13-28-17-19-9-14-27-15-10-19)25-12-8-20-16-18(2)6-7-21(20)26-3;/h6-7,16,19H,4-5,8-15,17H2,1-3H3,(H2,23,24,25);1H. The van der Waals surface area contributed by atoms with Crippen LogP contribution in [0.3, 0.4) is 0 Å². The fraction of sp³-hybridized carbons (Fsp3) is 0.682. The first-order chi connectivity index (χ1) is 13.7. The Morgan fingerprint density at radius 1 is 1.24 bits per heavy atom. The van der Waals surface area contributed by atoms with Gasteiger partial charge in [-0.2, -0.15) is 0 Å². The summed E-state index contributed by atoms with van der Waals surface area (Å²) < 4.78 is 16.6. The van der Waals surface area contributed by atoms with Crippen LogP contribution in [0.5, 0.6) is 5.75 Å². The number of nitrogens with zero attached hydrogens (tertiary/aromatic N) is 1. The molecule has 166 valence electrons. The van der Waals surface area contributed by atoms with Crippen molar-refractivity contribution >= 4 is 29.9 Å². The lowest BCUT2D eigenvalue weighted by molar-refractivity contribution is 0.0205. The summed E-state index contributed by atoms with van der Waals surface area (Å²) in [5.41, 5.74) is 2.46. The van der Waals surface area contributed by atoms with E-state index < -0.39 is 0 Å². The zero-order valence-electron chi connectivity index (χ0n) is 18.2. The van der Waals surface area contributed by atoms with Gasteiger partial charge in [-0.3, -0.25) is 4.99 Å². The van der Waals surface area contributed by atoms with Crippen LogP contribution in [-0.2, 0) is 15.9 Å². The number of rotatable bonds is 11. The van der Waals surface area contributed by atoms with Gasteiger partial charge in [0.15, 0.2) is 5.96 Å². The molecular weight excluding hydrogens is 481 g/mol. The molecule has 0 unspecified atom stereocenters. The third-order valence-corrected chi connectivity index (χ3v) is 4.88. The van der Waals surface area contributed by atoms with Gasteiger partial charge in [-0.15, -0.1) is 24.0 Å². The minimum Gasteiger partial charge on any atom is -0.496 e. The van der Waals surface area contributed by atoms with Crippen molar-refractivity contribution in [3.8, 4) is 5.75 Å². The second-order valence-corrected chi connectivity index (χ2v) is 7.24. The van der Waals surface area contributed by atoms with Crippen LogP contribution in [0.2, 0.25) is 0 Å². The summed E-state index contributed by atoms with van der Waals surface area (Å²) in [5.74, 6) is 2.46. The van der Waals surface area contributed by atoms with Crippen molar-refractivity contribution in [2.45, 2.75) is 39.5 Å². The van der Waals surface area contributed by atoms with E-state index in [1.165, 1.54) is 11.1 Å². The molecule has 1 aromatic carbocycles. The third-order valence-electron chi connectivity index (χ3n) is 4.88. The number of ether oxygens (including phenoxy) is 3. The lowest BCUT2D eigenvalue weighted by Gasteiger charge is -2.21. The average molecular weight is 519 g/mol. The number of aryl methyl sites for hydroxylation is 1. The molecule has 1 aliphatic heterocycles. The maximum absolute atomic E-state index is 5.81. The Morgan fingerprint density at radius 2 is 2.03 bits per heavy atom. The predicted octanol–water partition coefficient (Wildman–Crippen LogP) is 3.55. The van der Waals surface area contributed by atoms with Crippen molar-refractivity contribution in [3.63, 3.8) is 0 Å². The Kier molecular flexibility index (Phi) is 14.1. The van der Waals surface area contributed by atoms with E-state index in [9.17, 15) is 0 Å². The molecule has 2 N–H and O–H groups in total. The zero-order valence-corrected chi connectivity index (χ0v) is 20.5. The second kappa shape index (κ2) is 15.7. The Hall–Kier alpha value is -1.06. The first-order valence-electron chi connectivity index (χ1n) is 10.5. The molecule has 0 aromatic heterocycles. The maximum Gasteiger partial charge on any atom is 0.191 e. The highest BCUT2D eigenvalue weighted by Gasteiger charge is 2.13. The van der Waals surface area contributed by atoms with Crippen molar-refractivity contribution in [1.82, 2.24) is 10.6 Å². The Labute approximate surface area is 193 Å². The van der Waals surface area contributed by atoms with E-state index in [0.29, 0.717) is 5.92 Å². The largest absolute Gasteiger partial charge is 0.496 e. The van der Waals surface area contributed by atoms with E-state index in [4.69, 9.17) is 14.2 Å². The number of guanidine groups is 1. The van der Waals surface area contributed by atoms with Gasteiger partial charge in [0.25, 0.3) is 0 Å². The summed E-state index contributed by atoms with van der Waals surface area (Å²) in [6.07, 6.45) is 4.08. The SMILES string of the molecule is CCNC(=NCCCOCC1CCOCC1)NCCc1cc(C)ccc1OC.I. The van der Waals surface area contributed by atoms with Crippen LogP contribution in [0.1, 0.15) is 37.3 Å². The molecule has 29 heavy (non-hydrogen) atoms. The van der Waals surface area contributed by atoms with Gasteiger partial charge in [0.2, 0.25) is 0 Å². The van der Waals surface area contributed by atoms with Crippen molar-refractivity contribution in [2.75, 3.05) is 53.2 Å². The number of hydrogen-bond donors (Lipinski definition) is 2. The molecule has 0 atom stereocenters. The van der Waals surface area contributed by atoms with Crippen LogP contribution >= 0.6 is 24.0 Å². The van der Waals surface area contributed by atoms with Gasteiger partial charge in [-0.05, 0) is 57.1 Å².